The molecule has 0 saturated carbocycles. The molecule has 72 valence electrons. The molecule has 0 N–H and O–H groups in total. The number of hydrogen-bond acceptors (Lipinski definition) is 2. The molecule has 2 nitrogen and oxygen atoms in total. The highest BCUT2D eigenvalue weighted by molar-refractivity contribution is 9.08. The predicted molar refractivity (Wildman–Crippen MR) is 43.5 cm³/mol. The van der Waals surface area contributed by atoms with Crippen LogP contribution in [0.2, 0.25) is 0 Å². The maximum Gasteiger partial charge on any atom is 0.387 e. The Balaban J connectivity index is 2.85. The number of ether oxygens (including phenoxy) is 1. The average Bonchev–Trinajstić information content (AvgIpc) is 2.08. The lowest BCUT2D eigenvalue weighted by Gasteiger charge is -2.05. The molecule has 0 aliphatic heterocycles. The van der Waals surface area contributed by atoms with Crippen LogP contribution < -0.4 is 4.74 Å². The zero-order valence-corrected chi connectivity index (χ0v) is 7.89. The van der Waals surface area contributed by atoms with Gasteiger partial charge in [-0.1, -0.05) is 15.9 Å². The Kier molecular flexibility index (Phi) is 3.53. The molecule has 0 atom stereocenters. The van der Waals surface area contributed by atoms with Gasteiger partial charge in [-0.15, -0.1) is 0 Å². The van der Waals surface area contributed by atoms with Crippen LogP contribution >= 0.6 is 15.9 Å². The van der Waals surface area contributed by atoms with E-state index in [2.05, 4.69) is 25.7 Å². The van der Waals surface area contributed by atoms with E-state index in [0.29, 0.717) is 11.0 Å². The summed E-state index contributed by atoms with van der Waals surface area (Å²) in [7, 11) is 0. The molecule has 1 heterocycles. The Morgan fingerprint density at radius 3 is 2.69 bits per heavy atom. The Bertz CT molecular complexity index is 295. The Labute approximate surface area is 80.9 Å². The monoisotopic (exact) mass is 255 g/mol. The second-order valence-corrected chi connectivity index (χ2v) is 2.68. The van der Waals surface area contributed by atoms with Gasteiger partial charge in [0.1, 0.15) is 0 Å². The van der Waals surface area contributed by atoms with Crippen LogP contribution in [0.5, 0.6) is 5.75 Å². The van der Waals surface area contributed by atoms with Gasteiger partial charge in [0.2, 0.25) is 0 Å². The third kappa shape index (κ3) is 2.87. The minimum absolute atomic E-state index is 0.360. The van der Waals surface area contributed by atoms with Crippen molar-refractivity contribution in [3.05, 3.63) is 23.8 Å². The maximum absolute atomic E-state index is 12.9. The summed E-state index contributed by atoms with van der Waals surface area (Å²) in [5.74, 6) is -1.38. The van der Waals surface area contributed by atoms with Crippen molar-refractivity contribution in [2.45, 2.75) is 11.9 Å². The fourth-order valence-electron chi connectivity index (χ4n) is 0.714. The topological polar surface area (TPSA) is 22.1 Å². The molecule has 0 bridgehead atoms. The van der Waals surface area contributed by atoms with Crippen LogP contribution in [0.1, 0.15) is 5.69 Å². The van der Waals surface area contributed by atoms with Gasteiger partial charge in [0.15, 0.2) is 11.6 Å². The summed E-state index contributed by atoms with van der Waals surface area (Å²) in [5.41, 5.74) is 0.416. The number of alkyl halides is 3. The molecule has 0 fully saturated rings. The number of hydrogen-bond donors (Lipinski definition) is 0. The molecular weight excluding hydrogens is 251 g/mol. The van der Waals surface area contributed by atoms with Crippen LogP contribution in [-0.4, -0.2) is 11.6 Å². The summed E-state index contributed by atoms with van der Waals surface area (Å²) in [5, 5.41) is 0.360. The first-order valence-electron chi connectivity index (χ1n) is 3.28. The zero-order chi connectivity index (χ0) is 9.84. The van der Waals surface area contributed by atoms with Gasteiger partial charge >= 0.3 is 6.61 Å². The summed E-state index contributed by atoms with van der Waals surface area (Å²) < 4.78 is 40.1. The molecule has 13 heavy (non-hydrogen) atoms. The Hall–Kier alpha value is -0.780. The summed E-state index contributed by atoms with van der Waals surface area (Å²) >= 11 is 3.05. The number of halogens is 4. The van der Waals surface area contributed by atoms with E-state index < -0.39 is 18.2 Å². The van der Waals surface area contributed by atoms with Crippen LogP contribution in [0.3, 0.4) is 0 Å². The molecule has 0 unspecified atom stereocenters. The largest absolute Gasteiger partial charge is 0.430 e. The average molecular weight is 256 g/mol. The van der Waals surface area contributed by atoms with Crippen molar-refractivity contribution < 1.29 is 17.9 Å². The lowest BCUT2D eigenvalue weighted by Crippen LogP contribution is -2.04. The Morgan fingerprint density at radius 1 is 1.54 bits per heavy atom. The smallest absolute Gasteiger partial charge is 0.387 e. The Morgan fingerprint density at radius 2 is 2.23 bits per heavy atom. The highest BCUT2D eigenvalue weighted by Gasteiger charge is 2.10. The van der Waals surface area contributed by atoms with Gasteiger partial charge < -0.3 is 4.74 Å². The van der Waals surface area contributed by atoms with E-state index in [1.54, 1.807) is 0 Å². The van der Waals surface area contributed by atoms with Crippen molar-refractivity contribution in [2.24, 2.45) is 0 Å². The van der Waals surface area contributed by atoms with E-state index in [9.17, 15) is 13.2 Å². The van der Waals surface area contributed by atoms with E-state index in [4.69, 9.17) is 0 Å². The lowest BCUT2D eigenvalue weighted by atomic mass is 10.3. The predicted octanol–water partition coefficient (Wildman–Crippen LogP) is 2.72. The summed E-state index contributed by atoms with van der Waals surface area (Å²) in [4.78, 5) is 3.67. The third-order valence-electron chi connectivity index (χ3n) is 1.23. The van der Waals surface area contributed by atoms with Crippen LogP contribution in [0.25, 0.3) is 0 Å². The van der Waals surface area contributed by atoms with Crippen LogP contribution in [0.15, 0.2) is 12.3 Å². The molecule has 0 spiro atoms. The molecule has 0 aromatic carbocycles. The first-order valence-corrected chi connectivity index (χ1v) is 4.41. The van der Waals surface area contributed by atoms with Gasteiger partial charge in [-0.25, -0.2) is 4.39 Å². The van der Waals surface area contributed by atoms with Crippen LogP contribution in [0, 0.1) is 5.82 Å². The summed E-state index contributed by atoms with van der Waals surface area (Å²) in [6, 6.07) is 1.03. The highest BCUT2D eigenvalue weighted by Crippen LogP contribution is 2.19. The first kappa shape index (κ1) is 10.3. The van der Waals surface area contributed by atoms with E-state index in [1.165, 1.54) is 0 Å². The molecule has 0 saturated heterocycles. The quantitative estimate of drug-likeness (QED) is 0.775. The molecule has 1 aromatic rings. The van der Waals surface area contributed by atoms with Crippen LogP contribution in [-0.2, 0) is 5.33 Å². The maximum atomic E-state index is 12.9. The minimum atomic E-state index is -3.04. The lowest BCUT2D eigenvalue weighted by molar-refractivity contribution is -0.0524. The van der Waals surface area contributed by atoms with Crippen molar-refractivity contribution in [1.29, 1.82) is 0 Å². The third-order valence-corrected chi connectivity index (χ3v) is 1.80. The molecule has 1 aromatic heterocycles. The van der Waals surface area contributed by atoms with E-state index in [-0.39, 0.29) is 0 Å². The molecule has 0 amide bonds. The number of pyridine rings is 1. The summed E-state index contributed by atoms with van der Waals surface area (Å²) in [6.07, 6.45) is 0.929. The molecular formula is C7H5BrF3NO. The summed E-state index contributed by atoms with van der Waals surface area (Å²) in [6.45, 7) is -3.04. The molecule has 0 radical (unpaired) electrons. The van der Waals surface area contributed by atoms with Gasteiger partial charge in [-0.3, -0.25) is 4.98 Å². The van der Waals surface area contributed by atoms with E-state index >= 15 is 0 Å². The van der Waals surface area contributed by atoms with Crippen LogP contribution in [0.4, 0.5) is 13.2 Å². The zero-order valence-electron chi connectivity index (χ0n) is 6.31. The van der Waals surface area contributed by atoms with Gasteiger partial charge in [-0.05, 0) is 0 Å². The fourth-order valence-corrected chi connectivity index (χ4v) is 1.02. The van der Waals surface area contributed by atoms with Crippen molar-refractivity contribution in [2.75, 3.05) is 0 Å². The van der Waals surface area contributed by atoms with Gasteiger partial charge in [0, 0.05) is 11.4 Å². The van der Waals surface area contributed by atoms with Gasteiger partial charge in [0.25, 0.3) is 0 Å². The SMILES string of the molecule is Fc1cc(CBr)ncc1OC(F)F. The van der Waals surface area contributed by atoms with E-state index in [0.717, 1.165) is 12.3 Å². The molecule has 0 aliphatic carbocycles. The standard InChI is InChI=1S/C7H5BrF3NO/c8-2-4-1-5(9)6(3-12-4)13-7(10)11/h1,3,7H,2H2. The molecule has 0 aliphatic rings. The number of nitrogens with zero attached hydrogens (tertiary/aromatic N) is 1. The van der Waals surface area contributed by atoms with Crippen molar-refractivity contribution in [1.82, 2.24) is 4.98 Å². The van der Waals surface area contributed by atoms with E-state index in [1.807, 2.05) is 0 Å². The van der Waals surface area contributed by atoms with Crippen molar-refractivity contribution in [3.8, 4) is 5.75 Å². The molecule has 1 rings (SSSR count). The number of rotatable bonds is 3. The highest BCUT2D eigenvalue weighted by atomic mass is 79.9. The van der Waals surface area contributed by atoms with Crippen molar-refractivity contribution >= 4 is 15.9 Å². The minimum Gasteiger partial charge on any atom is -0.430 e. The van der Waals surface area contributed by atoms with Crippen molar-refractivity contribution in [3.63, 3.8) is 0 Å². The fraction of sp³-hybridized carbons (Fsp3) is 0.286. The number of aromatic nitrogens is 1. The van der Waals surface area contributed by atoms with Gasteiger partial charge in [-0.2, -0.15) is 8.78 Å². The first-order chi connectivity index (χ1) is 6.13. The second kappa shape index (κ2) is 4.45. The normalized spacial score (nSPS) is 10.5. The molecule has 6 heteroatoms. The second-order valence-electron chi connectivity index (χ2n) is 2.12. The van der Waals surface area contributed by atoms with Gasteiger partial charge in [0.05, 0.1) is 11.9 Å².